The van der Waals surface area contributed by atoms with E-state index in [-0.39, 0.29) is 29.0 Å². The van der Waals surface area contributed by atoms with E-state index in [1.807, 2.05) is 0 Å². The fraction of sp³-hybridized carbons (Fsp3) is 0.286. The highest BCUT2D eigenvalue weighted by atomic mass is 35.5. The molecule has 1 fully saturated rings. The van der Waals surface area contributed by atoms with Crippen molar-refractivity contribution in [1.29, 1.82) is 0 Å². The van der Waals surface area contributed by atoms with Crippen LogP contribution in [0.15, 0.2) is 29.1 Å². The van der Waals surface area contributed by atoms with Gasteiger partial charge in [0.25, 0.3) is 5.56 Å². The van der Waals surface area contributed by atoms with Crippen LogP contribution in [0.1, 0.15) is 30.1 Å². The van der Waals surface area contributed by atoms with Gasteiger partial charge in [-0.3, -0.25) is 9.36 Å². The van der Waals surface area contributed by atoms with Crippen LogP contribution >= 0.6 is 23.2 Å². The summed E-state index contributed by atoms with van der Waals surface area (Å²) in [5.41, 5.74) is 0.312. The normalized spacial score (nSPS) is 14.6. The van der Waals surface area contributed by atoms with E-state index >= 15 is 0 Å². The minimum Gasteiger partial charge on any atom is -0.292 e. The molecule has 0 aliphatic heterocycles. The Morgan fingerprint density at radius 1 is 1.30 bits per heavy atom. The van der Waals surface area contributed by atoms with E-state index in [1.54, 1.807) is 0 Å². The predicted octanol–water partition coefficient (Wildman–Crippen LogP) is 3.61. The van der Waals surface area contributed by atoms with E-state index in [9.17, 15) is 9.18 Å². The molecule has 1 aliphatic carbocycles. The maximum atomic E-state index is 13.3. The van der Waals surface area contributed by atoms with Crippen LogP contribution in [0.2, 0.25) is 10.2 Å². The molecular weight excluding hydrogens is 302 g/mol. The van der Waals surface area contributed by atoms with Crippen molar-refractivity contribution in [1.82, 2.24) is 9.55 Å². The van der Waals surface area contributed by atoms with Gasteiger partial charge in [-0.2, -0.15) is 0 Å². The minimum absolute atomic E-state index is 0.193. The fourth-order valence-electron chi connectivity index (χ4n) is 2.14. The summed E-state index contributed by atoms with van der Waals surface area (Å²) in [6, 6.07) is 5.37. The molecule has 1 aliphatic rings. The molecule has 104 valence electrons. The Hall–Kier alpha value is -1.39. The van der Waals surface area contributed by atoms with Crippen molar-refractivity contribution in [3.8, 4) is 0 Å². The van der Waals surface area contributed by atoms with E-state index in [2.05, 4.69) is 4.98 Å². The van der Waals surface area contributed by atoms with E-state index in [1.165, 1.54) is 28.8 Å². The van der Waals surface area contributed by atoms with Crippen LogP contribution in [0.5, 0.6) is 0 Å². The topological polar surface area (TPSA) is 34.9 Å². The Morgan fingerprint density at radius 3 is 2.75 bits per heavy atom. The van der Waals surface area contributed by atoms with Gasteiger partial charge in [0.2, 0.25) is 0 Å². The molecule has 6 heteroatoms. The summed E-state index contributed by atoms with van der Waals surface area (Å²) < 4.78 is 14.8. The van der Waals surface area contributed by atoms with Gasteiger partial charge < -0.3 is 0 Å². The minimum atomic E-state index is -0.382. The van der Waals surface area contributed by atoms with Crippen LogP contribution in [0.25, 0.3) is 0 Å². The van der Waals surface area contributed by atoms with Crippen LogP contribution in [-0.4, -0.2) is 9.55 Å². The molecule has 2 aromatic rings. The second-order valence-electron chi connectivity index (χ2n) is 4.87. The van der Waals surface area contributed by atoms with Crippen molar-refractivity contribution >= 4 is 23.2 Å². The predicted molar refractivity (Wildman–Crippen MR) is 76.0 cm³/mol. The first-order chi connectivity index (χ1) is 9.54. The molecule has 0 N–H and O–H groups in total. The fourth-order valence-corrected chi connectivity index (χ4v) is 2.50. The van der Waals surface area contributed by atoms with Crippen molar-refractivity contribution in [3.05, 3.63) is 62.0 Å². The maximum Gasteiger partial charge on any atom is 0.255 e. The molecule has 0 unspecified atom stereocenters. The Kier molecular flexibility index (Phi) is 3.52. The molecule has 0 spiro atoms. The zero-order valence-corrected chi connectivity index (χ0v) is 12.0. The van der Waals surface area contributed by atoms with Crippen LogP contribution in [0.4, 0.5) is 4.39 Å². The van der Waals surface area contributed by atoms with Gasteiger partial charge in [-0.1, -0.05) is 23.2 Å². The highest BCUT2D eigenvalue weighted by Crippen LogP contribution is 2.39. The first-order valence-electron chi connectivity index (χ1n) is 6.26. The molecule has 0 bridgehead atoms. The smallest absolute Gasteiger partial charge is 0.255 e. The van der Waals surface area contributed by atoms with Gasteiger partial charge in [0.15, 0.2) is 0 Å². The number of hydrogen-bond donors (Lipinski definition) is 0. The van der Waals surface area contributed by atoms with Crippen LogP contribution < -0.4 is 5.56 Å². The van der Waals surface area contributed by atoms with Crippen molar-refractivity contribution in [2.24, 2.45) is 0 Å². The number of halogens is 3. The lowest BCUT2D eigenvalue weighted by Crippen LogP contribution is -2.25. The van der Waals surface area contributed by atoms with Gasteiger partial charge in [0, 0.05) is 17.0 Å². The van der Waals surface area contributed by atoms with E-state index in [0.717, 1.165) is 12.8 Å². The van der Waals surface area contributed by atoms with Gasteiger partial charge in [0.1, 0.15) is 16.8 Å². The van der Waals surface area contributed by atoms with Crippen LogP contribution in [0.3, 0.4) is 0 Å². The molecule has 1 aromatic heterocycles. The molecule has 3 rings (SSSR count). The van der Waals surface area contributed by atoms with E-state index in [0.29, 0.717) is 16.4 Å². The van der Waals surface area contributed by atoms with Crippen molar-refractivity contribution in [2.45, 2.75) is 25.3 Å². The highest BCUT2D eigenvalue weighted by molar-refractivity contribution is 6.31. The molecular formula is C14H11Cl2FN2O. The third-order valence-corrected chi connectivity index (χ3v) is 3.85. The van der Waals surface area contributed by atoms with Gasteiger partial charge in [-0.05, 0) is 36.6 Å². The number of benzene rings is 1. The number of aromatic nitrogens is 2. The lowest BCUT2D eigenvalue weighted by atomic mass is 10.2. The number of hydrogen-bond acceptors (Lipinski definition) is 2. The molecule has 20 heavy (non-hydrogen) atoms. The second kappa shape index (κ2) is 5.19. The third kappa shape index (κ3) is 2.72. The summed E-state index contributed by atoms with van der Waals surface area (Å²) in [5.74, 6) is 0.531. The Balaban J connectivity index is 2.06. The van der Waals surface area contributed by atoms with Crippen molar-refractivity contribution in [2.75, 3.05) is 0 Å². The third-order valence-electron chi connectivity index (χ3n) is 3.29. The summed E-state index contributed by atoms with van der Waals surface area (Å²) in [6.45, 7) is 0.200. The zero-order valence-electron chi connectivity index (χ0n) is 10.4. The standard InChI is InChI=1S/C14H11Cl2FN2O/c15-11-4-3-10(17)5-9(11)7-19-13(20)6-12(16)18-14(19)8-1-2-8/h3-6,8H,1-2,7H2. The van der Waals surface area contributed by atoms with E-state index < -0.39 is 0 Å². The maximum absolute atomic E-state index is 13.3. The second-order valence-corrected chi connectivity index (χ2v) is 5.67. The molecule has 0 saturated heterocycles. The Bertz CT molecular complexity index is 726. The summed E-state index contributed by atoms with van der Waals surface area (Å²) in [4.78, 5) is 16.3. The summed E-state index contributed by atoms with van der Waals surface area (Å²) in [5, 5.41) is 0.619. The quantitative estimate of drug-likeness (QED) is 0.811. The van der Waals surface area contributed by atoms with Gasteiger partial charge in [0.05, 0.1) is 6.54 Å². The first kappa shape index (κ1) is 13.6. The Morgan fingerprint density at radius 2 is 2.05 bits per heavy atom. The molecule has 1 aromatic carbocycles. The molecule has 1 heterocycles. The van der Waals surface area contributed by atoms with Gasteiger partial charge >= 0.3 is 0 Å². The van der Waals surface area contributed by atoms with Crippen LogP contribution in [0, 0.1) is 5.82 Å². The monoisotopic (exact) mass is 312 g/mol. The average molecular weight is 313 g/mol. The van der Waals surface area contributed by atoms with E-state index in [4.69, 9.17) is 23.2 Å². The lowest BCUT2D eigenvalue weighted by molar-refractivity contribution is 0.618. The summed E-state index contributed by atoms with van der Waals surface area (Å²) in [6.07, 6.45) is 1.98. The van der Waals surface area contributed by atoms with Gasteiger partial charge in [-0.15, -0.1) is 0 Å². The zero-order chi connectivity index (χ0) is 14.3. The lowest BCUT2D eigenvalue weighted by Gasteiger charge is -2.12. The van der Waals surface area contributed by atoms with Crippen LogP contribution in [-0.2, 0) is 6.54 Å². The van der Waals surface area contributed by atoms with Crippen molar-refractivity contribution in [3.63, 3.8) is 0 Å². The van der Waals surface area contributed by atoms with Gasteiger partial charge in [-0.25, -0.2) is 9.37 Å². The largest absolute Gasteiger partial charge is 0.292 e. The number of rotatable bonds is 3. The molecule has 0 atom stereocenters. The SMILES string of the molecule is O=c1cc(Cl)nc(C2CC2)n1Cc1cc(F)ccc1Cl. The summed E-state index contributed by atoms with van der Waals surface area (Å²) >= 11 is 11.9. The average Bonchev–Trinajstić information content (AvgIpc) is 3.20. The molecule has 3 nitrogen and oxygen atoms in total. The first-order valence-corrected chi connectivity index (χ1v) is 7.01. The molecule has 0 amide bonds. The Labute approximate surface area is 125 Å². The molecule has 0 radical (unpaired) electrons. The highest BCUT2D eigenvalue weighted by Gasteiger charge is 2.29. The summed E-state index contributed by atoms with van der Waals surface area (Å²) in [7, 11) is 0. The molecule has 1 saturated carbocycles. The number of nitrogens with zero attached hydrogens (tertiary/aromatic N) is 2. The van der Waals surface area contributed by atoms with Crippen molar-refractivity contribution < 1.29 is 4.39 Å².